The number of halogens is 4. The highest BCUT2D eigenvalue weighted by molar-refractivity contribution is 5.82. The van der Waals surface area contributed by atoms with Crippen LogP contribution in [0.1, 0.15) is 66.7 Å². The van der Waals surface area contributed by atoms with Crippen LogP contribution in [0, 0.1) is 36.1 Å². The van der Waals surface area contributed by atoms with Crippen LogP contribution >= 0.6 is 0 Å². The highest BCUT2D eigenvalue weighted by Gasteiger charge is 2.31. The van der Waals surface area contributed by atoms with Crippen molar-refractivity contribution < 1.29 is 17.6 Å². The minimum Gasteiger partial charge on any atom is -0.203 e. The molecule has 0 nitrogen and oxygen atoms in total. The first-order chi connectivity index (χ1) is 16.4. The molecule has 1 saturated carbocycles. The number of rotatable bonds is 5. The summed E-state index contributed by atoms with van der Waals surface area (Å²) in [6.45, 7) is 5.28. The monoisotopic (exact) mass is 464 g/mol. The molecule has 0 N–H and O–H groups in total. The van der Waals surface area contributed by atoms with Gasteiger partial charge in [-0.25, -0.2) is 17.6 Å². The normalized spacial score (nSPS) is 19.1. The summed E-state index contributed by atoms with van der Waals surface area (Å²) < 4.78 is 59.1. The average molecular weight is 465 g/mol. The fraction of sp³-hybridized carbons (Fsp3) is 0.333. The van der Waals surface area contributed by atoms with Crippen LogP contribution in [0.2, 0.25) is 0 Å². The summed E-state index contributed by atoms with van der Waals surface area (Å²) >= 11 is 0. The molecule has 0 saturated heterocycles. The maximum Gasteiger partial charge on any atom is 0.167 e. The molecule has 0 aromatic heterocycles. The Morgan fingerprint density at radius 3 is 2.09 bits per heavy atom. The Kier molecular flexibility index (Phi) is 6.09. The van der Waals surface area contributed by atoms with E-state index in [1.54, 1.807) is 6.07 Å². The highest BCUT2D eigenvalue weighted by Crippen LogP contribution is 2.45. The van der Waals surface area contributed by atoms with Crippen LogP contribution in [0.25, 0.3) is 22.3 Å². The van der Waals surface area contributed by atoms with Gasteiger partial charge in [-0.3, -0.25) is 0 Å². The van der Waals surface area contributed by atoms with Crippen molar-refractivity contribution in [3.8, 4) is 22.3 Å². The van der Waals surface area contributed by atoms with E-state index in [1.807, 2.05) is 30.3 Å². The number of fused-ring (bicyclic) bond motifs is 3. The second kappa shape index (κ2) is 9.05. The molecule has 0 atom stereocenters. The molecule has 0 bridgehead atoms. The first kappa shape index (κ1) is 22.9. The third-order valence-electron chi connectivity index (χ3n) is 7.71. The van der Waals surface area contributed by atoms with Crippen molar-refractivity contribution in [3.05, 3.63) is 94.6 Å². The molecule has 0 heterocycles. The van der Waals surface area contributed by atoms with Crippen molar-refractivity contribution >= 4 is 0 Å². The molecule has 0 unspecified atom stereocenters. The summed E-state index contributed by atoms with van der Waals surface area (Å²) in [5.74, 6) is -3.00. The first-order valence-electron chi connectivity index (χ1n) is 12.1. The van der Waals surface area contributed by atoms with Gasteiger partial charge in [0.25, 0.3) is 0 Å². The second-order valence-corrected chi connectivity index (χ2v) is 9.82. The zero-order valence-corrected chi connectivity index (χ0v) is 19.4. The summed E-state index contributed by atoms with van der Waals surface area (Å²) in [5.41, 5.74) is 2.79. The lowest BCUT2D eigenvalue weighted by molar-refractivity contribution is 0.312. The molecule has 34 heavy (non-hydrogen) atoms. The van der Waals surface area contributed by atoms with Gasteiger partial charge in [-0.05, 0) is 97.6 Å². The van der Waals surface area contributed by atoms with Crippen molar-refractivity contribution in [1.29, 1.82) is 0 Å². The van der Waals surface area contributed by atoms with Gasteiger partial charge < -0.3 is 0 Å². The Morgan fingerprint density at radius 2 is 1.44 bits per heavy atom. The van der Waals surface area contributed by atoms with Gasteiger partial charge in [0, 0.05) is 16.7 Å². The van der Waals surface area contributed by atoms with Crippen molar-refractivity contribution in [3.63, 3.8) is 0 Å². The summed E-state index contributed by atoms with van der Waals surface area (Å²) in [6.07, 6.45) is 9.22. The Balaban J connectivity index is 1.41. The van der Waals surface area contributed by atoms with Crippen LogP contribution in [0.4, 0.5) is 17.6 Å². The zero-order valence-electron chi connectivity index (χ0n) is 19.4. The number of allylic oxidation sites excluding steroid dienone is 1. The third kappa shape index (κ3) is 3.87. The number of hydrogen-bond acceptors (Lipinski definition) is 0. The Bertz CT molecular complexity index is 1250. The molecule has 1 fully saturated rings. The average Bonchev–Trinajstić information content (AvgIpc) is 3.22. The molecule has 3 aromatic rings. The Hall–Kier alpha value is -2.88. The van der Waals surface area contributed by atoms with Gasteiger partial charge in [0.15, 0.2) is 23.3 Å². The largest absolute Gasteiger partial charge is 0.203 e. The lowest BCUT2D eigenvalue weighted by Gasteiger charge is -2.28. The predicted octanol–water partition coefficient (Wildman–Crippen LogP) is 9.03. The van der Waals surface area contributed by atoms with Gasteiger partial charge in [-0.1, -0.05) is 36.4 Å². The van der Waals surface area contributed by atoms with Crippen LogP contribution in [-0.4, -0.2) is 0 Å². The second-order valence-electron chi connectivity index (χ2n) is 9.82. The van der Waals surface area contributed by atoms with E-state index in [-0.39, 0.29) is 28.7 Å². The van der Waals surface area contributed by atoms with E-state index in [0.717, 1.165) is 25.2 Å². The van der Waals surface area contributed by atoms with E-state index in [0.29, 0.717) is 22.6 Å². The van der Waals surface area contributed by atoms with Crippen LogP contribution in [-0.2, 0) is 6.42 Å². The highest BCUT2D eigenvalue weighted by atomic mass is 19.2. The van der Waals surface area contributed by atoms with Crippen LogP contribution in [0.5, 0.6) is 0 Å². The van der Waals surface area contributed by atoms with Gasteiger partial charge in [0.2, 0.25) is 0 Å². The lowest BCUT2D eigenvalue weighted by atomic mass is 9.77. The SMILES string of the molecule is C=CCCC1CCC(c2ccc(-c3cc4c(c(F)c3F)-c3c(cc(C)c(F)c3F)C4)cc2)CC1. The Labute approximate surface area is 198 Å². The van der Waals surface area contributed by atoms with E-state index >= 15 is 8.78 Å². The van der Waals surface area contributed by atoms with Crippen LogP contribution in [0.15, 0.2) is 49.1 Å². The molecular weight excluding hydrogens is 436 g/mol. The minimum absolute atomic E-state index is 0.153. The van der Waals surface area contributed by atoms with Crippen LogP contribution in [0.3, 0.4) is 0 Å². The summed E-state index contributed by atoms with van der Waals surface area (Å²) in [6, 6.07) is 10.8. The topological polar surface area (TPSA) is 0 Å². The van der Waals surface area contributed by atoms with Crippen molar-refractivity contribution in [2.75, 3.05) is 0 Å². The van der Waals surface area contributed by atoms with Gasteiger partial charge in [0.05, 0.1) is 0 Å². The summed E-state index contributed by atoms with van der Waals surface area (Å²) in [7, 11) is 0. The standard InChI is InChI=1S/C30H28F4/c1-3-4-5-18-6-8-19(9-7-18)20-10-12-21(13-11-20)24-16-23-15-22-14-17(2)27(31)29(33)25(22)26(23)30(34)28(24)32/h3,10-14,16,18-19H,1,4-9,15H2,2H3. The summed E-state index contributed by atoms with van der Waals surface area (Å²) in [5, 5.41) is 0. The fourth-order valence-electron chi connectivity index (χ4n) is 5.81. The van der Waals surface area contributed by atoms with Gasteiger partial charge >= 0.3 is 0 Å². The lowest BCUT2D eigenvalue weighted by Crippen LogP contribution is -2.13. The minimum atomic E-state index is -1.12. The smallest absolute Gasteiger partial charge is 0.167 e. The molecule has 0 amide bonds. The molecule has 176 valence electrons. The summed E-state index contributed by atoms with van der Waals surface area (Å²) in [4.78, 5) is 0. The van der Waals surface area contributed by atoms with Crippen molar-refractivity contribution in [1.82, 2.24) is 0 Å². The van der Waals surface area contributed by atoms with E-state index < -0.39 is 23.3 Å². The molecule has 0 aliphatic heterocycles. The molecular formula is C30H28F4. The van der Waals surface area contributed by atoms with Crippen LogP contribution < -0.4 is 0 Å². The quantitative estimate of drug-likeness (QED) is 0.204. The van der Waals surface area contributed by atoms with Gasteiger partial charge in [-0.2, -0.15) is 0 Å². The van der Waals surface area contributed by atoms with Crippen molar-refractivity contribution in [2.24, 2.45) is 5.92 Å². The zero-order chi connectivity index (χ0) is 24.0. The molecule has 0 radical (unpaired) electrons. The van der Waals surface area contributed by atoms with E-state index in [2.05, 4.69) is 6.58 Å². The number of aryl methyl sites for hydroxylation is 1. The molecule has 2 aliphatic carbocycles. The van der Waals surface area contributed by atoms with E-state index in [1.165, 1.54) is 37.8 Å². The molecule has 2 aliphatic rings. The van der Waals surface area contributed by atoms with E-state index in [4.69, 9.17) is 0 Å². The van der Waals surface area contributed by atoms with E-state index in [9.17, 15) is 8.78 Å². The Morgan fingerprint density at radius 1 is 0.824 bits per heavy atom. The van der Waals surface area contributed by atoms with Gasteiger partial charge in [0.1, 0.15) is 0 Å². The first-order valence-corrected chi connectivity index (χ1v) is 12.1. The molecule has 3 aromatic carbocycles. The number of hydrogen-bond donors (Lipinski definition) is 0. The number of benzene rings is 3. The van der Waals surface area contributed by atoms with Gasteiger partial charge in [-0.15, -0.1) is 6.58 Å². The predicted molar refractivity (Wildman–Crippen MR) is 129 cm³/mol. The maximum absolute atomic E-state index is 15.2. The third-order valence-corrected chi connectivity index (χ3v) is 7.71. The van der Waals surface area contributed by atoms with Crippen molar-refractivity contribution in [2.45, 2.75) is 57.8 Å². The fourth-order valence-corrected chi connectivity index (χ4v) is 5.81. The molecule has 5 rings (SSSR count). The molecule has 4 heteroatoms. The molecule has 0 spiro atoms. The maximum atomic E-state index is 15.2.